The fourth-order valence-corrected chi connectivity index (χ4v) is 4.74. The summed E-state index contributed by atoms with van der Waals surface area (Å²) in [6, 6.07) is 9.65. The van der Waals surface area contributed by atoms with Gasteiger partial charge < -0.3 is 15.5 Å². The van der Waals surface area contributed by atoms with Gasteiger partial charge in [0.05, 0.1) is 31.2 Å². The van der Waals surface area contributed by atoms with E-state index < -0.39 is 21.7 Å². The highest BCUT2D eigenvalue weighted by atomic mass is 32.2. The molecular formula is C28H33N3O6S. The number of anilines is 2. The predicted octanol–water partition coefficient (Wildman–Crippen LogP) is 4.73. The Morgan fingerprint density at radius 2 is 1.71 bits per heavy atom. The largest absolute Gasteiger partial charge is 0.494 e. The summed E-state index contributed by atoms with van der Waals surface area (Å²) in [7, 11) is -1.93. The van der Waals surface area contributed by atoms with Crippen LogP contribution in [0.4, 0.5) is 11.4 Å². The van der Waals surface area contributed by atoms with Crippen molar-refractivity contribution >= 4 is 50.2 Å². The van der Waals surface area contributed by atoms with E-state index in [4.69, 9.17) is 10.1 Å². The van der Waals surface area contributed by atoms with Crippen LogP contribution >= 0.6 is 0 Å². The van der Waals surface area contributed by atoms with Crippen LogP contribution in [0.2, 0.25) is 0 Å². The molecule has 1 aliphatic rings. The first kappa shape index (κ1) is 28.8. The standard InChI is InChI=1S/C28H33N3O6S/c1-28(2,3)22-13-19(18-7-6-8-21(32)16-23(29)25(33)15-18)14-24(26(22)37-4)30-27(34)17-9-11-20(12-10-17)31-38(5,35)36/h9-15,29,31H,6-8,16H2,1-5H3,(H,30,34)/b18-15-,29-23?. The molecule has 1 amide bonds. The predicted molar refractivity (Wildman–Crippen MR) is 149 cm³/mol. The second-order valence-electron chi connectivity index (χ2n) is 10.3. The lowest BCUT2D eigenvalue weighted by Gasteiger charge is -2.26. The number of carbonyl (C=O) groups is 3. The van der Waals surface area contributed by atoms with Crippen LogP contribution in [0.1, 0.15) is 67.9 Å². The molecule has 0 saturated carbocycles. The van der Waals surface area contributed by atoms with Gasteiger partial charge in [-0.05, 0) is 71.9 Å². The number of hydrogen-bond donors (Lipinski definition) is 3. The summed E-state index contributed by atoms with van der Waals surface area (Å²) in [4.78, 5) is 37.8. The minimum absolute atomic E-state index is 0.131. The Balaban J connectivity index is 2.05. The number of carbonyl (C=O) groups excluding carboxylic acids is 3. The Morgan fingerprint density at radius 1 is 1.05 bits per heavy atom. The molecule has 0 aromatic heterocycles. The van der Waals surface area contributed by atoms with Gasteiger partial charge in [-0.15, -0.1) is 0 Å². The summed E-state index contributed by atoms with van der Waals surface area (Å²) in [5.41, 5.74) is 2.59. The lowest BCUT2D eigenvalue weighted by molar-refractivity contribution is -0.118. The second kappa shape index (κ2) is 11.3. The number of sulfonamides is 1. The average molecular weight is 540 g/mol. The Kier molecular flexibility index (Phi) is 8.56. The van der Waals surface area contributed by atoms with Crippen LogP contribution in [0.5, 0.6) is 5.75 Å². The van der Waals surface area contributed by atoms with E-state index in [0.29, 0.717) is 46.7 Å². The van der Waals surface area contributed by atoms with Gasteiger partial charge >= 0.3 is 0 Å². The molecule has 0 fully saturated rings. The quantitative estimate of drug-likeness (QED) is 0.484. The van der Waals surface area contributed by atoms with Gasteiger partial charge in [0.25, 0.3) is 5.91 Å². The summed E-state index contributed by atoms with van der Waals surface area (Å²) in [5.74, 6) is -0.591. The van der Waals surface area contributed by atoms with Crippen LogP contribution in [-0.2, 0) is 25.0 Å². The molecule has 3 rings (SSSR count). The smallest absolute Gasteiger partial charge is 0.255 e. The molecule has 0 unspecified atom stereocenters. The highest BCUT2D eigenvalue weighted by Gasteiger charge is 2.25. The summed E-state index contributed by atoms with van der Waals surface area (Å²) < 4.78 is 31.0. The molecule has 0 saturated heterocycles. The van der Waals surface area contributed by atoms with E-state index in [9.17, 15) is 22.8 Å². The van der Waals surface area contributed by atoms with E-state index in [1.807, 2.05) is 26.8 Å². The Morgan fingerprint density at radius 3 is 2.29 bits per heavy atom. The third kappa shape index (κ3) is 7.38. The fraction of sp³-hybridized carbons (Fsp3) is 0.357. The van der Waals surface area contributed by atoms with Gasteiger partial charge in [0, 0.05) is 23.2 Å². The number of allylic oxidation sites excluding steroid dienone is 2. The van der Waals surface area contributed by atoms with Crippen molar-refractivity contribution in [1.82, 2.24) is 0 Å². The third-order valence-corrected chi connectivity index (χ3v) is 6.66. The lowest BCUT2D eigenvalue weighted by Crippen LogP contribution is -2.18. The first-order valence-electron chi connectivity index (χ1n) is 12.1. The molecule has 0 aliphatic heterocycles. The van der Waals surface area contributed by atoms with Gasteiger partial charge in [-0.1, -0.05) is 20.8 Å². The molecule has 0 spiro atoms. The molecule has 1 aliphatic carbocycles. The molecule has 0 atom stereocenters. The maximum Gasteiger partial charge on any atom is 0.255 e. The normalized spacial score (nSPS) is 16.6. The first-order valence-corrected chi connectivity index (χ1v) is 14.0. The van der Waals surface area contributed by atoms with E-state index in [2.05, 4.69) is 10.0 Å². The van der Waals surface area contributed by atoms with Gasteiger partial charge in [0.1, 0.15) is 11.5 Å². The monoisotopic (exact) mass is 539 g/mol. The van der Waals surface area contributed by atoms with Crippen LogP contribution in [0.25, 0.3) is 5.57 Å². The molecule has 0 radical (unpaired) electrons. The van der Waals surface area contributed by atoms with E-state index in [1.165, 1.54) is 37.5 Å². The molecule has 9 nitrogen and oxygen atoms in total. The van der Waals surface area contributed by atoms with Crippen molar-refractivity contribution in [3.8, 4) is 5.75 Å². The molecule has 2 aromatic carbocycles. The zero-order valence-electron chi connectivity index (χ0n) is 22.2. The van der Waals surface area contributed by atoms with Gasteiger partial charge in [0.2, 0.25) is 10.0 Å². The lowest BCUT2D eigenvalue weighted by atomic mass is 9.83. The molecule has 38 heavy (non-hydrogen) atoms. The Bertz CT molecular complexity index is 1420. The number of ketones is 2. The Hall–Kier alpha value is -3.79. The third-order valence-electron chi connectivity index (χ3n) is 6.05. The molecule has 0 bridgehead atoms. The van der Waals surface area contributed by atoms with Crippen molar-refractivity contribution in [2.24, 2.45) is 0 Å². The number of nitrogens with one attached hydrogen (secondary N) is 3. The zero-order valence-corrected chi connectivity index (χ0v) is 23.0. The van der Waals surface area contributed by atoms with Crippen LogP contribution in [0.3, 0.4) is 0 Å². The number of benzene rings is 2. The minimum Gasteiger partial charge on any atom is -0.494 e. The van der Waals surface area contributed by atoms with Crippen molar-refractivity contribution in [3.05, 3.63) is 59.2 Å². The maximum atomic E-state index is 13.2. The number of rotatable bonds is 6. The fourth-order valence-electron chi connectivity index (χ4n) is 4.18. The maximum absolute atomic E-state index is 13.2. The molecule has 10 heteroatoms. The minimum atomic E-state index is -3.45. The van der Waals surface area contributed by atoms with Gasteiger partial charge in [-0.3, -0.25) is 19.1 Å². The molecule has 2 aromatic rings. The number of methoxy groups -OCH3 is 1. The number of ether oxygens (including phenoxy) is 1. The number of amides is 1. The molecule has 0 heterocycles. The van der Waals surface area contributed by atoms with Gasteiger partial charge in [-0.25, -0.2) is 8.42 Å². The number of hydrogen-bond acceptors (Lipinski definition) is 7. The SMILES string of the molecule is COc1c(NC(=O)c2ccc(NS(C)(=O)=O)cc2)cc(/C2=C\C(=O)C(=N)CC(=O)CCC2)cc1C(C)(C)C. The molecular weight excluding hydrogens is 506 g/mol. The van der Waals surface area contributed by atoms with Crippen molar-refractivity contribution in [2.75, 3.05) is 23.4 Å². The van der Waals surface area contributed by atoms with E-state index in [1.54, 1.807) is 6.07 Å². The number of Topliss-reactive ketones (excluding diaryl/α,β-unsaturated/α-hetero) is 1. The molecule has 202 valence electrons. The van der Waals surface area contributed by atoms with Crippen LogP contribution in [-0.4, -0.2) is 45.0 Å². The highest BCUT2D eigenvalue weighted by Crippen LogP contribution is 2.41. The van der Waals surface area contributed by atoms with Crippen molar-refractivity contribution in [2.45, 2.75) is 51.9 Å². The second-order valence-corrected chi connectivity index (χ2v) is 12.1. The van der Waals surface area contributed by atoms with Crippen molar-refractivity contribution in [1.29, 1.82) is 5.41 Å². The highest BCUT2D eigenvalue weighted by molar-refractivity contribution is 7.92. The molecule has 3 N–H and O–H groups in total. The summed E-state index contributed by atoms with van der Waals surface area (Å²) in [5, 5.41) is 10.9. The van der Waals surface area contributed by atoms with Crippen molar-refractivity contribution < 1.29 is 27.5 Å². The van der Waals surface area contributed by atoms with E-state index >= 15 is 0 Å². The summed E-state index contributed by atoms with van der Waals surface area (Å²) >= 11 is 0. The average Bonchev–Trinajstić information content (AvgIpc) is 2.87. The summed E-state index contributed by atoms with van der Waals surface area (Å²) in [6.07, 6.45) is 3.57. The first-order chi connectivity index (χ1) is 17.7. The Labute approximate surface area is 223 Å². The zero-order chi connectivity index (χ0) is 28.3. The van der Waals surface area contributed by atoms with E-state index in [0.717, 1.165) is 11.8 Å². The summed E-state index contributed by atoms with van der Waals surface area (Å²) in [6.45, 7) is 6.01. The van der Waals surface area contributed by atoms with Crippen molar-refractivity contribution in [3.63, 3.8) is 0 Å². The van der Waals surface area contributed by atoms with Gasteiger partial charge in [0.15, 0.2) is 5.78 Å². The van der Waals surface area contributed by atoms with Gasteiger partial charge in [-0.2, -0.15) is 0 Å². The van der Waals surface area contributed by atoms with E-state index in [-0.39, 0.29) is 29.8 Å². The topological polar surface area (TPSA) is 142 Å². The van der Waals surface area contributed by atoms with Crippen LogP contribution < -0.4 is 14.8 Å². The van der Waals surface area contributed by atoms with Crippen LogP contribution in [0, 0.1) is 5.41 Å². The van der Waals surface area contributed by atoms with Crippen LogP contribution in [0.15, 0.2) is 42.5 Å².